The van der Waals surface area contributed by atoms with Gasteiger partial charge in [-0.2, -0.15) is 0 Å². The molecular formula is C23H24ClN3O2. The largest absolute Gasteiger partial charge is 0.457 e. The van der Waals surface area contributed by atoms with E-state index in [1.54, 1.807) is 18.2 Å². The molecule has 1 saturated heterocycles. The Morgan fingerprint density at radius 2 is 1.86 bits per heavy atom. The zero-order valence-corrected chi connectivity index (χ0v) is 17.4. The molecule has 0 N–H and O–H groups in total. The van der Waals surface area contributed by atoms with Crippen molar-refractivity contribution in [1.29, 1.82) is 0 Å². The molecule has 5 nitrogen and oxygen atoms in total. The molecule has 2 aromatic carbocycles. The van der Waals surface area contributed by atoms with Gasteiger partial charge in [0.1, 0.15) is 17.3 Å². The van der Waals surface area contributed by atoms with Gasteiger partial charge in [-0.15, -0.1) is 0 Å². The van der Waals surface area contributed by atoms with Crippen LogP contribution in [0.15, 0.2) is 48.7 Å². The Labute approximate surface area is 175 Å². The summed E-state index contributed by atoms with van der Waals surface area (Å²) in [6.45, 7) is 4.51. The van der Waals surface area contributed by atoms with Gasteiger partial charge in [-0.05, 0) is 69.3 Å². The average molecular weight is 410 g/mol. The molecule has 150 valence electrons. The average Bonchev–Trinajstić information content (AvgIpc) is 3.39. The molecule has 1 atom stereocenters. The van der Waals surface area contributed by atoms with Crippen molar-refractivity contribution < 1.29 is 9.53 Å². The predicted octanol–water partition coefficient (Wildman–Crippen LogP) is 5.50. The molecule has 4 rings (SSSR count). The second kappa shape index (κ2) is 8.39. The molecule has 3 aromatic rings. The van der Waals surface area contributed by atoms with Crippen molar-refractivity contribution in [1.82, 2.24) is 14.5 Å². The molecule has 6 heteroatoms. The molecule has 1 fully saturated rings. The van der Waals surface area contributed by atoms with Crippen molar-refractivity contribution >= 4 is 17.9 Å². The number of carbonyl (C=O) groups is 1. The first-order valence-electron chi connectivity index (χ1n) is 9.85. The van der Waals surface area contributed by atoms with Crippen LogP contribution in [0.4, 0.5) is 0 Å². The van der Waals surface area contributed by atoms with Crippen LogP contribution in [0.3, 0.4) is 0 Å². The third-order valence-corrected chi connectivity index (χ3v) is 5.80. The Hall–Kier alpha value is -2.63. The monoisotopic (exact) mass is 409 g/mol. The first kappa shape index (κ1) is 19.7. The van der Waals surface area contributed by atoms with E-state index in [0.717, 1.165) is 36.5 Å². The van der Waals surface area contributed by atoms with Crippen LogP contribution in [0.25, 0.3) is 11.3 Å². The molecule has 1 aliphatic heterocycles. The summed E-state index contributed by atoms with van der Waals surface area (Å²) >= 11 is 6.03. The summed E-state index contributed by atoms with van der Waals surface area (Å²) in [5, 5.41) is 0.525. The summed E-state index contributed by atoms with van der Waals surface area (Å²) in [5.41, 5.74) is 2.59. The number of hydrogen-bond donors (Lipinski definition) is 0. The lowest BCUT2D eigenvalue weighted by Crippen LogP contribution is -2.25. The highest BCUT2D eigenvalue weighted by Gasteiger charge is 2.23. The van der Waals surface area contributed by atoms with E-state index in [1.807, 2.05) is 30.5 Å². The van der Waals surface area contributed by atoms with Crippen molar-refractivity contribution in [2.45, 2.75) is 25.8 Å². The van der Waals surface area contributed by atoms with Gasteiger partial charge in [0.05, 0.1) is 23.5 Å². The van der Waals surface area contributed by atoms with Gasteiger partial charge in [-0.25, -0.2) is 4.98 Å². The number of aldehydes is 1. The number of hydrogen-bond acceptors (Lipinski definition) is 4. The highest BCUT2D eigenvalue weighted by molar-refractivity contribution is 6.30. The van der Waals surface area contributed by atoms with Crippen LogP contribution in [-0.4, -0.2) is 33.8 Å². The van der Waals surface area contributed by atoms with Crippen LogP contribution in [0.1, 0.15) is 42.0 Å². The Kier molecular flexibility index (Phi) is 5.69. The lowest BCUT2D eigenvalue weighted by atomic mass is 10.1. The van der Waals surface area contributed by atoms with Crippen molar-refractivity contribution in [3.63, 3.8) is 0 Å². The fourth-order valence-electron chi connectivity index (χ4n) is 3.89. The maximum Gasteiger partial charge on any atom is 0.153 e. The van der Waals surface area contributed by atoms with Crippen LogP contribution in [-0.2, 0) is 7.05 Å². The van der Waals surface area contributed by atoms with Crippen LogP contribution in [0.5, 0.6) is 11.5 Å². The molecule has 29 heavy (non-hydrogen) atoms. The summed E-state index contributed by atoms with van der Waals surface area (Å²) in [6.07, 6.45) is 5.22. The number of ether oxygens (including phenoxy) is 1. The highest BCUT2D eigenvalue weighted by Crippen LogP contribution is 2.31. The number of halogens is 1. The summed E-state index contributed by atoms with van der Waals surface area (Å²) in [6, 6.07) is 13.1. The van der Waals surface area contributed by atoms with Gasteiger partial charge in [-0.1, -0.05) is 11.6 Å². The normalized spacial score (nSPS) is 15.4. The molecule has 0 bridgehead atoms. The van der Waals surface area contributed by atoms with E-state index in [4.69, 9.17) is 21.3 Å². The van der Waals surface area contributed by atoms with Gasteiger partial charge < -0.3 is 9.30 Å². The third kappa shape index (κ3) is 4.07. The lowest BCUT2D eigenvalue weighted by molar-refractivity contribution is 0.112. The fraction of sp³-hybridized carbons (Fsp3) is 0.304. The van der Waals surface area contributed by atoms with Crippen molar-refractivity contribution in [3.05, 3.63) is 65.1 Å². The summed E-state index contributed by atoms with van der Waals surface area (Å²) < 4.78 is 8.04. The highest BCUT2D eigenvalue weighted by atomic mass is 35.5. The van der Waals surface area contributed by atoms with Crippen LogP contribution < -0.4 is 4.74 Å². The lowest BCUT2D eigenvalue weighted by Gasteiger charge is -2.23. The van der Waals surface area contributed by atoms with E-state index < -0.39 is 0 Å². The van der Waals surface area contributed by atoms with Crippen molar-refractivity contribution in [2.24, 2.45) is 7.05 Å². The first-order chi connectivity index (χ1) is 14.1. The SMILES string of the molecule is C[C@H](c1ncc(-c2ccc(Oc3cc(Cl)ccc3C=O)cc2)n1C)N1CCCC1. The van der Waals surface area contributed by atoms with Gasteiger partial charge in [-0.3, -0.25) is 9.69 Å². The third-order valence-electron chi connectivity index (χ3n) is 5.57. The molecule has 0 saturated carbocycles. The zero-order valence-electron chi connectivity index (χ0n) is 16.6. The second-order valence-electron chi connectivity index (χ2n) is 7.41. The summed E-state index contributed by atoms with van der Waals surface area (Å²) in [4.78, 5) is 18.4. The van der Waals surface area contributed by atoms with E-state index in [1.165, 1.54) is 12.8 Å². The van der Waals surface area contributed by atoms with E-state index in [-0.39, 0.29) is 0 Å². The molecule has 0 radical (unpaired) electrons. The van der Waals surface area contributed by atoms with Gasteiger partial charge in [0.2, 0.25) is 0 Å². The molecule has 0 aliphatic carbocycles. The number of imidazole rings is 1. The summed E-state index contributed by atoms with van der Waals surface area (Å²) in [5.74, 6) is 2.17. The smallest absolute Gasteiger partial charge is 0.153 e. The number of benzene rings is 2. The number of rotatable bonds is 6. The number of likely N-dealkylation sites (tertiary alicyclic amines) is 1. The fourth-order valence-corrected chi connectivity index (χ4v) is 4.05. The minimum Gasteiger partial charge on any atom is -0.457 e. The Bertz CT molecular complexity index is 1010. The minimum atomic E-state index is 0.309. The second-order valence-corrected chi connectivity index (χ2v) is 7.84. The van der Waals surface area contributed by atoms with E-state index in [9.17, 15) is 4.79 Å². The topological polar surface area (TPSA) is 47.4 Å². The molecule has 0 amide bonds. The first-order valence-corrected chi connectivity index (χ1v) is 10.2. The molecular weight excluding hydrogens is 386 g/mol. The molecule has 0 spiro atoms. The summed E-state index contributed by atoms with van der Waals surface area (Å²) in [7, 11) is 2.07. The maximum atomic E-state index is 11.2. The Morgan fingerprint density at radius 1 is 1.14 bits per heavy atom. The Balaban J connectivity index is 1.54. The quantitative estimate of drug-likeness (QED) is 0.504. The van der Waals surface area contributed by atoms with E-state index >= 15 is 0 Å². The number of aromatic nitrogens is 2. The number of nitrogens with zero attached hydrogens (tertiary/aromatic N) is 3. The minimum absolute atomic E-state index is 0.309. The number of carbonyl (C=O) groups excluding carboxylic acids is 1. The maximum absolute atomic E-state index is 11.2. The van der Waals surface area contributed by atoms with Crippen molar-refractivity contribution in [3.8, 4) is 22.8 Å². The standard InChI is InChI=1S/C23H24ClN3O2/c1-16(27-11-3-4-12-27)23-25-14-21(26(23)2)17-6-9-20(10-7-17)29-22-13-19(24)8-5-18(22)15-28/h5-10,13-16H,3-4,11-12H2,1-2H3/t16-/m1/s1. The Morgan fingerprint density at radius 3 is 2.55 bits per heavy atom. The molecule has 1 aliphatic rings. The van der Waals surface area contributed by atoms with E-state index in [0.29, 0.717) is 28.1 Å². The van der Waals surface area contributed by atoms with Gasteiger partial charge >= 0.3 is 0 Å². The molecule has 0 unspecified atom stereocenters. The van der Waals surface area contributed by atoms with Crippen LogP contribution in [0.2, 0.25) is 5.02 Å². The van der Waals surface area contributed by atoms with E-state index in [2.05, 4.69) is 23.4 Å². The molecule has 1 aromatic heterocycles. The van der Waals surface area contributed by atoms with Crippen LogP contribution >= 0.6 is 11.6 Å². The van der Waals surface area contributed by atoms with Crippen LogP contribution in [0, 0.1) is 0 Å². The van der Waals surface area contributed by atoms with Gasteiger partial charge in [0.25, 0.3) is 0 Å². The van der Waals surface area contributed by atoms with Gasteiger partial charge in [0.15, 0.2) is 6.29 Å². The predicted molar refractivity (Wildman–Crippen MR) is 115 cm³/mol. The van der Waals surface area contributed by atoms with Gasteiger partial charge in [0, 0.05) is 23.7 Å². The zero-order chi connectivity index (χ0) is 20.4. The molecule has 2 heterocycles. The van der Waals surface area contributed by atoms with Crippen molar-refractivity contribution in [2.75, 3.05) is 13.1 Å².